The minimum atomic E-state index is -2.79. The van der Waals surface area contributed by atoms with Crippen LogP contribution in [0, 0.1) is 0 Å². The SMILES string of the molecule is Cl[P+](Oc1ccccc1)(Oc1ccccc1)c1ccccc1. The summed E-state index contributed by atoms with van der Waals surface area (Å²) in [5.74, 6) is 1.37. The summed E-state index contributed by atoms with van der Waals surface area (Å²) in [7, 11) is -2.79. The molecule has 3 rings (SSSR count). The first-order valence-corrected chi connectivity index (χ1v) is 9.43. The normalized spacial score (nSPS) is 11.0. The van der Waals surface area contributed by atoms with Gasteiger partial charge >= 0.3 is 7.07 Å². The van der Waals surface area contributed by atoms with Gasteiger partial charge in [-0.15, -0.1) is 0 Å². The van der Waals surface area contributed by atoms with E-state index >= 15 is 0 Å². The summed E-state index contributed by atoms with van der Waals surface area (Å²) >= 11 is 6.80. The molecule has 0 amide bonds. The van der Waals surface area contributed by atoms with E-state index in [1.165, 1.54) is 0 Å². The Morgan fingerprint density at radius 1 is 0.545 bits per heavy atom. The van der Waals surface area contributed by atoms with Crippen LogP contribution in [-0.4, -0.2) is 0 Å². The fourth-order valence-electron chi connectivity index (χ4n) is 1.96. The van der Waals surface area contributed by atoms with Crippen molar-refractivity contribution in [1.29, 1.82) is 0 Å². The third-order valence-electron chi connectivity index (χ3n) is 3.00. The number of rotatable bonds is 5. The average Bonchev–Trinajstić information content (AvgIpc) is 2.57. The summed E-state index contributed by atoms with van der Waals surface area (Å²) in [5.41, 5.74) is 0. The Morgan fingerprint density at radius 2 is 0.909 bits per heavy atom. The van der Waals surface area contributed by atoms with E-state index in [1.807, 2.05) is 91.0 Å². The smallest absolute Gasteiger partial charge is 0.285 e. The van der Waals surface area contributed by atoms with Gasteiger partial charge in [-0.1, -0.05) is 54.6 Å². The summed E-state index contributed by atoms with van der Waals surface area (Å²) in [5, 5.41) is 0.837. The number of hydrogen-bond donors (Lipinski definition) is 0. The van der Waals surface area contributed by atoms with Gasteiger partial charge in [-0.05, 0) is 36.4 Å². The van der Waals surface area contributed by atoms with Gasteiger partial charge in [0.05, 0.1) is 0 Å². The Balaban J connectivity index is 1.95. The third-order valence-corrected chi connectivity index (χ3v) is 5.80. The summed E-state index contributed by atoms with van der Waals surface area (Å²) in [6.07, 6.45) is 0. The number of hydrogen-bond acceptors (Lipinski definition) is 2. The zero-order valence-corrected chi connectivity index (χ0v) is 13.5. The van der Waals surface area contributed by atoms with Crippen molar-refractivity contribution in [2.75, 3.05) is 0 Å². The molecule has 2 nitrogen and oxygen atoms in total. The Labute approximate surface area is 135 Å². The molecular weight excluding hydrogens is 315 g/mol. The molecule has 0 N–H and O–H groups in total. The molecule has 0 radical (unpaired) electrons. The summed E-state index contributed by atoms with van der Waals surface area (Å²) in [4.78, 5) is 0. The summed E-state index contributed by atoms with van der Waals surface area (Å²) in [6.45, 7) is 0. The molecule has 110 valence electrons. The van der Waals surface area contributed by atoms with Gasteiger partial charge in [-0.25, -0.2) is 0 Å². The van der Waals surface area contributed by atoms with Gasteiger partial charge in [0.2, 0.25) is 0 Å². The molecule has 0 saturated carbocycles. The lowest BCUT2D eigenvalue weighted by Gasteiger charge is -2.17. The number of halogens is 1. The van der Waals surface area contributed by atoms with Gasteiger partial charge < -0.3 is 0 Å². The molecule has 0 spiro atoms. The Kier molecular flexibility index (Phi) is 4.62. The van der Waals surface area contributed by atoms with Crippen molar-refractivity contribution in [3.8, 4) is 11.5 Å². The first kappa shape index (κ1) is 14.9. The molecule has 3 aromatic rings. The van der Waals surface area contributed by atoms with E-state index in [4.69, 9.17) is 20.3 Å². The number of benzene rings is 3. The topological polar surface area (TPSA) is 18.5 Å². The van der Waals surface area contributed by atoms with Gasteiger partial charge in [-0.2, -0.15) is 0 Å². The van der Waals surface area contributed by atoms with Crippen LogP contribution in [0.3, 0.4) is 0 Å². The molecule has 0 heterocycles. The molecule has 0 aliphatic rings. The predicted molar refractivity (Wildman–Crippen MR) is 93.0 cm³/mol. The van der Waals surface area contributed by atoms with E-state index in [2.05, 4.69) is 0 Å². The van der Waals surface area contributed by atoms with Crippen LogP contribution in [-0.2, 0) is 0 Å². The van der Waals surface area contributed by atoms with Crippen LogP contribution in [0.1, 0.15) is 0 Å². The second-order valence-electron chi connectivity index (χ2n) is 4.62. The van der Waals surface area contributed by atoms with Crippen LogP contribution >= 0.6 is 18.3 Å². The van der Waals surface area contributed by atoms with Crippen molar-refractivity contribution in [2.45, 2.75) is 0 Å². The molecule has 0 unspecified atom stereocenters. The Morgan fingerprint density at radius 3 is 1.32 bits per heavy atom. The van der Waals surface area contributed by atoms with E-state index in [0.717, 1.165) is 5.30 Å². The molecule has 0 aliphatic carbocycles. The molecule has 3 aromatic carbocycles. The van der Waals surface area contributed by atoms with Crippen LogP contribution in [0.5, 0.6) is 11.5 Å². The fraction of sp³-hybridized carbons (Fsp3) is 0. The van der Waals surface area contributed by atoms with Gasteiger partial charge in [-0.3, -0.25) is 9.05 Å². The van der Waals surface area contributed by atoms with Gasteiger partial charge in [0.25, 0.3) is 0 Å². The first-order valence-electron chi connectivity index (χ1n) is 6.90. The lowest BCUT2D eigenvalue weighted by atomic mass is 10.3. The van der Waals surface area contributed by atoms with Crippen molar-refractivity contribution < 1.29 is 9.05 Å². The molecule has 22 heavy (non-hydrogen) atoms. The molecular formula is C18H15ClO2P+. The standard InChI is InChI=1S/C18H15ClO2P/c19-22(18-14-8-3-9-15-18,20-16-10-4-1-5-11-16)21-17-12-6-2-7-13-17/h1-15H/q+1. The van der Waals surface area contributed by atoms with Crippen molar-refractivity contribution in [3.63, 3.8) is 0 Å². The zero-order valence-electron chi connectivity index (χ0n) is 11.8. The van der Waals surface area contributed by atoms with Gasteiger partial charge in [0, 0.05) is 0 Å². The minimum absolute atomic E-state index is 0.686. The highest BCUT2D eigenvalue weighted by molar-refractivity contribution is 7.97. The minimum Gasteiger partial charge on any atom is -0.285 e. The largest absolute Gasteiger partial charge is 0.492 e. The molecule has 0 aliphatic heterocycles. The third kappa shape index (κ3) is 3.59. The highest BCUT2D eigenvalue weighted by Crippen LogP contribution is 2.63. The molecule has 0 fully saturated rings. The van der Waals surface area contributed by atoms with Crippen LogP contribution < -0.4 is 14.4 Å². The van der Waals surface area contributed by atoms with Crippen molar-refractivity contribution >= 4 is 23.6 Å². The van der Waals surface area contributed by atoms with Crippen molar-refractivity contribution in [3.05, 3.63) is 91.0 Å². The van der Waals surface area contributed by atoms with Crippen LogP contribution in [0.25, 0.3) is 0 Å². The van der Waals surface area contributed by atoms with E-state index in [1.54, 1.807) is 0 Å². The highest BCUT2D eigenvalue weighted by Gasteiger charge is 2.47. The summed E-state index contributed by atoms with van der Waals surface area (Å²) < 4.78 is 12.1. The van der Waals surface area contributed by atoms with E-state index in [0.29, 0.717) is 11.5 Å². The Hall–Kier alpha value is -2.02. The molecule has 0 atom stereocenters. The van der Waals surface area contributed by atoms with Crippen LogP contribution in [0.4, 0.5) is 0 Å². The molecule has 4 heteroatoms. The molecule has 0 aromatic heterocycles. The maximum absolute atomic E-state index is 6.80. The second-order valence-corrected chi connectivity index (χ2v) is 7.80. The van der Waals surface area contributed by atoms with Gasteiger partial charge in [0.1, 0.15) is 0 Å². The van der Waals surface area contributed by atoms with Gasteiger partial charge in [0.15, 0.2) is 28.0 Å². The Bertz CT molecular complexity index is 663. The fourth-order valence-corrected chi connectivity index (χ4v) is 4.34. The monoisotopic (exact) mass is 329 g/mol. The van der Waals surface area contributed by atoms with E-state index < -0.39 is 7.07 Å². The average molecular weight is 330 g/mol. The second kappa shape index (κ2) is 6.83. The van der Waals surface area contributed by atoms with Crippen LogP contribution in [0.15, 0.2) is 91.0 Å². The van der Waals surface area contributed by atoms with E-state index in [9.17, 15) is 0 Å². The maximum atomic E-state index is 6.80. The number of para-hydroxylation sites is 2. The van der Waals surface area contributed by atoms with Crippen molar-refractivity contribution in [2.24, 2.45) is 0 Å². The molecule has 0 saturated heterocycles. The van der Waals surface area contributed by atoms with E-state index in [-0.39, 0.29) is 0 Å². The first-order chi connectivity index (χ1) is 10.8. The van der Waals surface area contributed by atoms with Crippen molar-refractivity contribution in [1.82, 2.24) is 0 Å². The maximum Gasteiger partial charge on any atom is 0.492 e. The van der Waals surface area contributed by atoms with Crippen LogP contribution in [0.2, 0.25) is 0 Å². The lowest BCUT2D eigenvalue weighted by Crippen LogP contribution is -2.16. The summed E-state index contributed by atoms with van der Waals surface area (Å²) in [6, 6.07) is 28.6. The highest BCUT2D eigenvalue weighted by atomic mass is 35.7. The zero-order chi connectivity index (χ0) is 15.3. The lowest BCUT2D eigenvalue weighted by molar-refractivity contribution is 0.493. The molecule has 0 bridgehead atoms. The predicted octanol–water partition coefficient (Wildman–Crippen LogP) is 5.47. The quantitative estimate of drug-likeness (QED) is 0.578.